The maximum atomic E-state index is 13.4. The highest BCUT2D eigenvalue weighted by molar-refractivity contribution is 6.09. The van der Waals surface area contributed by atoms with E-state index in [2.05, 4.69) is 15.3 Å². The van der Waals surface area contributed by atoms with Gasteiger partial charge in [0.1, 0.15) is 17.9 Å². The lowest BCUT2D eigenvalue weighted by molar-refractivity contribution is -0.140. The average Bonchev–Trinajstić information content (AvgIpc) is 3.42. The number of urea groups is 1. The molecule has 188 valence electrons. The monoisotopic (exact) mass is 483 g/mol. The van der Waals surface area contributed by atoms with Crippen LogP contribution in [0, 0.1) is 0 Å². The van der Waals surface area contributed by atoms with Crippen molar-refractivity contribution in [2.45, 2.75) is 70.6 Å². The van der Waals surface area contributed by atoms with E-state index in [1.807, 2.05) is 13.8 Å². The van der Waals surface area contributed by atoms with Crippen LogP contribution in [0.2, 0.25) is 0 Å². The number of ether oxygens (including phenoxy) is 1. The molecule has 1 aromatic carbocycles. The summed E-state index contributed by atoms with van der Waals surface area (Å²) in [5.74, 6) is -0.416. The third-order valence-electron chi connectivity index (χ3n) is 6.70. The number of carbonyl (C=O) groups excluding carboxylic acids is 3. The summed E-state index contributed by atoms with van der Waals surface area (Å²) < 4.78 is 5.73. The summed E-state index contributed by atoms with van der Waals surface area (Å²) in [6, 6.07) is 6.45. The molecule has 10 heteroatoms. The van der Waals surface area contributed by atoms with Gasteiger partial charge in [-0.3, -0.25) is 19.3 Å². The second kappa shape index (κ2) is 10.6. The van der Waals surface area contributed by atoms with Crippen LogP contribution in [0.4, 0.5) is 4.79 Å². The zero-order valence-corrected chi connectivity index (χ0v) is 20.3. The third kappa shape index (κ3) is 5.22. The summed E-state index contributed by atoms with van der Waals surface area (Å²) in [6.45, 7) is 4.51. The number of amides is 4. The van der Waals surface area contributed by atoms with E-state index in [-0.39, 0.29) is 37.2 Å². The van der Waals surface area contributed by atoms with Gasteiger partial charge in [0, 0.05) is 13.2 Å². The molecular weight excluding hydrogens is 450 g/mol. The van der Waals surface area contributed by atoms with Crippen molar-refractivity contribution in [3.8, 4) is 0 Å². The number of nitrogens with one attached hydrogen (secondary N) is 2. The number of para-hydroxylation sites is 1. The smallest absolute Gasteiger partial charge is 0.325 e. The predicted octanol–water partition coefficient (Wildman–Crippen LogP) is 2.32. The molecule has 0 aliphatic carbocycles. The lowest BCUT2D eigenvalue weighted by Gasteiger charge is -2.28. The van der Waals surface area contributed by atoms with Gasteiger partial charge < -0.3 is 19.9 Å². The van der Waals surface area contributed by atoms with E-state index in [0.29, 0.717) is 36.2 Å². The van der Waals surface area contributed by atoms with Crippen LogP contribution in [0.5, 0.6) is 0 Å². The molecule has 1 atom stereocenters. The highest BCUT2D eigenvalue weighted by atomic mass is 16.5. The summed E-state index contributed by atoms with van der Waals surface area (Å²) in [5.41, 5.74) is -0.701. The molecule has 4 rings (SSSR count). The SMILES string of the molecule is CCCC1(CCC)NC(=O)N(CC(=O)N(Cc2nc3ccccc3c(=O)[nH]2)CC2CCCO2)C1=O. The molecule has 2 saturated heterocycles. The standard InChI is InChI=1S/C25H33N5O5/c1-3-11-25(12-4-2)23(33)30(24(34)28-25)16-21(31)29(14-17-8-7-13-35-17)15-20-26-19-10-6-5-9-18(19)22(32)27-20/h5-6,9-10,17H,3-4,7-8,11-16H2,1-2H3,(H,28,34)(H,26,27,32). The molecule has 0 bridgehead atoms. The fraction of sp³-hybridized carbons (Fsp3) is 0.560. The molecule has 4 amide bonds. The van der Waals surface area contributed by atoms with Crippen molar-refractivity contribution in [3.63, 3.8) is 0 Å². The van der Waals surface area contributed by atoms with E-state index in [1.54, 1.807) is 24.3 Å². The lowest BCUT2D eigenvalue weighted by Crippen LogP contribution is -2.48. The van der Waals surface area contributed by atoms with Crippen LogP contribution < -0.4 is 10.9 Å². The first-order valence-corrected chi connectivity index (χ1v) is 12.4. The van der Waals surface area contributed by atoms with Crippen molar-refractivity contribution >= 4 is 28.7 Å². The predicted molar refractivity (Wildman–Crippen MR) is 130 cm³/mol. The number of hydrogen-bond donors (Lipinski definition) is 2. The molecule has 2 aromatic rings. The number of H-pyrrole nitrogens is 1. The Hall–Kier alpha value is -3.27. The molecule has 1 unspecified atom stereocenters. The van der Waals surface area contributed by atoms with Crippen LogP contribution in [0.25, 0.3) is 10.9 Å². The fourth-order valence-corrected chi connectivity index (χ4v) is 5.05. The zero-order valence-electron chi connectivity index (χ0n) is 20.3. The van der Waals surface area contributed by atoms with Crippen LogP contribution >= 0.6 is 0 Å². The second-order valence-electron chi connectivity index (χ2n) is 9.34. The van der Waals surface area contributed by atoms with Crippen LogP contribution in [0.3, 0.4) is 0 Å². The van der Waals surface area contributed by atoms with Gasteiger partial charge in [-0.25, -0.2) is 9.78 Å². The van der Waals surface area contributed by atoms with Crippen molar-refractivity contribution < 1.29 is 19.1 Å². The van der Waals surface area contributed by atoms with Crippen molar-refractivity contribution in [2.75, 3.05) is 19.7 Å². The van der Waals surface area contributed by atoms with Gasteiger partial charge >= 0.3 is 6.03 Å². The van der Waals surface area contributed by atoms with E-state index in [4.69, 9.17) is 4.74 Å². The van der Waals surface area contributed by atoms with Crippen molar-refractivity contribution in [1.29, 1.82) is 0 Å². The summed E-state index contributed by atoms with van der Waals surface area (Å²) in [5, 5.41) is 3.31. The minimum Gasteiger partial charge on any atom is -0.376 e. The number of nitrogens with zero attached hydrogens (tertiary/aromatic N) is 3. The lowest BCUT2D eigenvalue weighted by atomic mass is 9.88. The largest absolute Gasteiger partial charge is 0.376 e. The van der Waals surface area contributed by atoms with Crippen molar-refractivity contribution in [1.82, 2.24) is 25.1 Å². The van der Waals surface area contributed by atoms with Gasteiger partial charge in [0.05, 0.1) is 23.6 Å². The Balaban J connectivity index is 1.56. The molecule has 2 N–H and O–H groups in total. The number of rotatable bonds is 10. The van der Waals surface area contributed by atoms with Crippen molar-refractivity contribution in [3.05, 3.63) is 40.4 Å². The summed E-state index contributed by atoms with van der Waals surface area (Å²) in [4.78, 5) is 61.8. The van der Waals surface area contributed by atoms with Gasteiger partial charge in [0.2, 0.25) is 5.91 Å². The fourth-order valence-electron chi connectivity index (χ4n) is 5.05. The minimum atomic E-state index is -0.953. The Morgan fingerprint density at radius 3 is 2.63 bits per heavy atom. The van der Waals surface area contributed by atoms with Crippen molar-refractivity contribution in [2.24, 2.45) is 0 Å². The summed E-state index contributed by atoms with van der Waals surface area (Å²) in [6.07, 6.45) is 4.09. The van der Waals surface area contributed by atoms with Crippen LogP contribution in [-0.2, 0) is 20.9 Å². The van der Waals surface area contributed by atoms with E-state index >= 15 is 0 Å². The average molecular weight is 484 g/mol. The van der Waals surface area contributed by atoms with Gasteiger partial charge in [-0.05, 0) is 37.8 Å². The Labute approximate surface area is 204 Å². The Bertz CT molecular complexity index is 1150. The molecule has 1 aromatic heterocycles. The maximum absolute atomic E-state index is 13.4. The first kappa shape index (κ1) is 24.8. The van der Waals surface area contributed by atoms with E-state index in [9.17, 15) is 19.2 Å². The van der Waals surface area contributed by atoms with E-state index in [1.165, 1.54) is 4.90 Å². The van der Waals surface area contributed by atoms with Gasteiger partial charge in [0.25, 0.3) is 11.5 Å². The van der Waals surface area contributed by atoms with E-state index < -0.39 is 17.5 Å². The number of fused-ring (bicyclic) bond motifs is 1. The number of aromatic amines is 1. The van der Waals surface area contributed by atoms with Gasteiger partial charge in [-0.1, -0.05) is 38.8 Å². The minimum absolute atomic E-state index is 0.0392. The highest BCUT2D eigenvalue weighted by Crippen LogP contribution is 2.28. The number of benzene rings is 1. The summed E-state index contributed by atoms with van der Waals surface area (Å²) in [7, 11) is 0. The summed E-state index contributed by atoms with van der Waals surface area (Å²) >= 11 is 0. The Morgan fingerprint density at radius 2 is 1.94 bits per heavy atom. The quantitative estimate of drug-likeness (QED) is 0.500. The normalized spacial score (nSPS) is 19.4. The Kier molecular flexibility index (Phi) is 7.49. The Morgan fingerprint density at radius 1 is 1.20 bits per heavy atom. The van der Waals surface area contributed by atoms with Gasteiger partial charge in [-0.2, -0.15) is 0 Å². The molecule has 0 radical (unpaired) electrons. The van der Waals surface area contributed by atoms with Crippen LogP contribution in [-0.4, -0.2) is 69.0 Å². The highest BCUT2D eigenvalue weighted by Gasteiger charge is 2.50. The van der Waals surface area contributed by atoms with Crippen LogP contribution in [0.15, 0.2) is 29.1 Å². The topological polar surface area (TPSA) is 125 Å². The van der Waals surface area contributed by atoms with Crippen LogP contribution in [0.1, 0.15) is 58.2 Å². The molecular formula is C25H33N5O5. The van der Waals surface area contributed by atoms with Gasteiger partial charge in [-0.15, -0.1) is 0 Å². The third-order valence-corrected chi connectivity index (χ3v) is 6.70. The molecule has 2 aliphatic rings. The van der Waals surface area contributed by atoms with Gasteiger partial charge in [0.15, 0.2) is 0 Å². The molecule has 0 saturated carbocycles. The number of aromatic nitrogens is 2. The number of imide groups is 1. The number of hydrogen-bond acceptors (Lipinski definition) is 6. The first-order chi connectivity index (χ1) is 16.9. The second-order valence-corrected chi connectivity index (χ2v) is 9.34. The zero-order chi connectivity index (χ0) is 25.0. The molecule has 2 aliphatic heterocycles. The molecule has 2 fully saturated rings. The molecule has 10 nitrogen and oxygen atoms in total. The van der Waals surface area contributed by atoms with E-state index in [0.717, 1.165) is 30.6 Å². The first-order valence-electron chi connectivity index (χ1n) is 12.4. The maximum Gasteiger partial charge on any atom is 0.325 e. The molecule has 0 spiro atoms. The molecule has 35 heavy (non-hydrogen) atoms. The number of carbonyl (C=O) groups is 3. The molecule has 3 heterocycles.